The van der Waals surface area contributed by atoms with Crippen molar-refractivity contribution >= 4 is 0 Å². The Morgan fingerprint density at radius 3 is 2.21 bits per heavy atom. The Balaban J connectivity index is 2.24. The van der Waals surface area contributed by atoms with Crippen molar-refractivity contribution < 1.29 is 5.11 Å². The molecule has 0 amide bonds. The first-order chi connectivity index (χ1) is 11.6. The summed E-state index contributed by atoms with van der Waals surface area (Å²) in [5.41, 5.74) is 2.20. The van der Waals surface area contributed by atoms with Crippen LogP contribution in [-0.2, 0) is 5.54 Å². The zero-order valence-electron chi connectivity index (χ0n) is 14.9. The standard InChI is InChI=1S/C22H29NO/c1-4-18-23(3)22(5-2,20-14-10-7-11-15-20)17-16-21(24)19-12-8-6-9-13-19/h4,6-15,21,24H,1,5,16-18H2,2-3H3. The Morgan fingerprint density at radius 1 is 1.08 bits per heavy atom. The highest BCUT2D eigenvalue weighted by molar-refractivity contribution is 5.25. The Morgan fingerprint density at radius 2 is 1.67 bits per heavy atom. The predicted octanol–water partition coefficient (Wildman–Crippen LogP) is 4.92. The van der Waals surface area contributed by atoms with Gasteiger partial charge in [-0.2, -0.15) is 0 Å². The van der Waals surface area contributed by atoms with Gasteiger partial charge in [-0.3, -0.25) is 4.90 Å². The first-order valence-corrected chi connectivity index (χ1v) is 8.74. The van der Waals surface area contributed by atoms with Crippen LogP contribution < -0.4 is 0 Å². The van der Waals surface area contributed by atoms with Crippen LogP contribution in [0.1, 0.15) is 43.4 Å². The lowest BCUT2D eigenvalue weighted by Crippen LogP contribution is -2.43. The largest absolute Gasteiger partial charge is 0.388 e. The highest BCUT2D eigenvalue weighted by atomic mass is 16.3. The highest BCUT2D eigenvalue weighted by Crippen LogP contribution is 2.38. The third-order valence-corrected chi connectivity index (χ3v) is 5.05. The molecule has 0 saturated heterocycles. The van der Waals surface area contributed by atoms with Crippen LogP contribution in [0.2, 0.25) is 0 Å². The molecule has 0 saturated carbocycles. The van der Waals surface area contributed by atoms with Crippen molar-refractivity contribution in [3.63, 3.8) is 0 Å². The van der Waals surface area contributed by atoms with Gasteiger partial charge in [0.2, 0.25) is 0 Å². The normalized spacial score (nSPS) is 15.0. The molecule has 0 radical (unpaired) electrons. The summed E-state index contributed by atoms with van der Waals surface area (Å²) in [5, 5.41) is 10.6. The molecule has 24 heavy (non-hydrogen) atoms. The van der Waals surface area contributed by atoms with Gasteiger partial charge in [0.15, 0.2) is 0 Å². The van der Waals surface area contributed by atoms with Gasteiger partial charge in [-0.05, 0) is 37.4 Å². The van der Waals surface area contributed by atoms with Crippen molar-refractivity contribution in [3.8, 4) is 0 Å². The highest BCUT2D eigenvalue weighted by Gasteiger charge is 2.34. The summed E-state index contributed by atoms with van der Waals surface area (Å²) in [5.74, 6) is 0. The molecular formula is C22H29NO. The molecule has 2 nitrogen and oxygen atoms in total. The quantitative estimate of drug-likeness (QED) is 0.662. The first-order valence-electron chi connectivity index (χ1n) is 8.74. The van der Waals surface area contributed by atoms with Gasteiger partial charge < -0.3 is 5.11 Å². The van der Waals surface area contributed by atoms with E-state index in [0.717, 1.165) is 31.4 Å². The maximum Gasteiger partial charge on any atom is 0.0790 e. The molecule has 0 spiro atoms. The molecule has 1 N–H and O–H groups in total. The molecule has 0 aliphatic carbocycles. The Kier molecular flexibility index (Phi) is 6.77. The maximum absolute atomic E-state index is 10.6. The van der Waals surface area contributed by atoms with E-state index in [4.69, 9.17) is 0 Å². The number of aliphatic hydroxyl groups excluding tert-OH is 1. The Bertz CT molecular complexity index is 610. The summed E-state index contributed by atoms with van der Waals surface area (Å²) in [6.07, 6.45) is 4.13. The van der Waals surface area contributed by atoms with Crippen molar-refractivity contribution in [1.82, 2.24) is 4.90 Å². The van der Waals surface area contributed by atoms with Crippen molar-refractivity contribution in [2.75, 3.05) is 13.6 Å². The zero-order valence-corrected chi connectivity index (χ0v) is 14.9. The maximum atomic E-state index is 10.6. The van der Waals surface area contributed by atoms with E-state index in [-0.39, 0.29) is 5.54 Å². The molecule has 0 bridgehead atoms. The molecule has 2 atom stereocenters. The van der Waals surface area contributed by atoms with E-state index < -0.39 is 6.10 Å². The molecule has 0 aliphatic rings. The van der Waals surface area contributed by atoms with Crippen molar-refractivity contribution in [3.05, 3.63) is 84.4 Å². The second kappa shape index (κ2) is 8.81. The van der Waals surface area contributed by atoms with Crippen LogP contribution in [-0.4, -0.2) is 23.6 Å². The molecule has 2 heteroatoms. The van der Waals surface area contributed by atoms with Crippen LogP contribution >= 0.6 is 0 Å². The smallest absolute Gasteiger partial charge is 0.0790 e. The third-order valence-electron chi connectivity index (χ3n) is 5.05. The van der Waals surface area contributed by atoms with Crippen molar-refractivity contribution in [2.24, 2.45) is 0 Å². The number of rotatable bonds is 9. The van der Waals surface area contributed by atoms with Gasteiger partial charge in [-0.1, -0.05) is 73.7 Å². The number of hydrogen-bond donors (Lipinski definition) is 1. The lowest BCUT2D eigenvalue weighted by molar-refractivity contribution is 0.0808. The second-order valence-electron chi connectivity index (χ2n) is 6.39. The van der Waals surface area contributed by atoms with Crippen LogP contribution in [0.5, 0.6) is 0 Å². The lowest BCUT2D eigenvalue weighted by atomic mass is 9.80. The Hall–Kier alpha value is -1.90. The molecule has 0 fully saturated rings. The molecular weight excluding hydrogens is 294 g/mol. The average molecular weight is 323 g/mol. The number of likely N-dealkylation sites (N-methyl/N-ethyl adjacent to an activating group) is 1. The lowest BCUT2D eigenvalue weighted by Gasteiger charge is -2.42. The van der Waals surface area contributed by atoms with Crippen molar-refractivity contribution in [1.29, 1.82) is 0 Å². The molecule has 2 aromatic rings. The summed E-state index contributed by atoms with van der Waals surface area (Å²) in [6.45, 7) is 6.94. The fraction of sp³-hybridized carbons (Fsp3) is 0.364. The number of aliphatic hydroxyl groups is 1. The summed E-state index contributed by atoms with van der Waals surface area (Å²) in [7, 11) is 2.15. The number of nitrogens with zero attached hydrogens (tertiary/aromatic N) is 1. The molecule has 2 aromatic carbocycles. The molecule has 2 unspecified atom stereocenters. The predicted molar refractivity (Wildman–Crippen MR) is 102 cm³/mol. The SMILES string of the molecule is C=CCN(C)C(CC)(CCC(O)c1ccccc1)c1ccccc1. The van der Waals surface area contributed by atoms with Gasteiger partial charge in [0.05, 0.1) is 6.10 Å². The number of hydrogen-bond acceptors (Lipinski definition) is 2. The van der Waals surface area contributed by atoms with E-state index in [1.807, 2.05) is 36.4 Å². The average Bonchev–Trinajstić information content (AvgIpc) is 2.64. The minimum absolute atomic E-state index is 0.0921. The molecule has 0 heterocycles. The Labute approximate surface area is 146 Å². The van der Waals surface area contributed by atoms with Crippen LogP contribution in [0, 0.1) is 0 Å². The van der Waals surface area contributed by atoms with Crippen LogP contribution in [0.15, 0.2) is 73.3 Å². The summed E-state index contributed by atoms with van der Waals surface area (Å²) < 4.78 is 0. The van der Waals surface area contributed by atoms with Crippen LogP contribution in [0.4, 0.5) is 0 Å². The molecule has 0 aromatic heterocycles. The van der Waals surface area contributed by atoms with E-state index in [2.05, 4.69) is 55.8 Å². The van der Waals surface area contributed by atoms with Crippen molar-refractivity contribution in [2.45, 2.75) is 37.8 Å². The van der Waals surface area contributed by atoms with E-state index in [1.54, 1.807) is 0 Å². The fourth-order valence-electron chi connectivity index (χ4n) is 3.54. The van der Waals surface area contributed by atoms with Gasteiger partial charge in [0.25, 0.3) is 0 Å². The summed E-state index contributed by atoms with van der Waals surface area (Å²) in [6, 6.07) is 20.5. The van der Waals surface area contributed by atoms with Gasteiger partial charge >= 0.3 is 0 Å². The van der Waals surface area contributed by atoms with E-state index in [1.165, 1.54) is 5.56 Å². The minimum Gasteiger partial charge on any atom is -0.388 e. The van der Waals surface area contributed by atoms with E-state index in [0.29, 0.717) is 0 Å². The summed E-state index contributed by atoms with van der Waals surface area (Å²) in [4.78, 5) is 2.35. The van der Waals surface area contributed by atoms with Gasteiger partial charge in [-0.25, -0.2) is 0 Å². The molecule has 128 valence electrons. The van der Waals surface area contributed by atoms with E-state index in [9.17, 15) is 5.11 Å². The zero-order chi connectivity index (χ0) is 17.4. The molecule has 0 aliphatic heterocycles. The van der Waals surface area contributed by atoms with Crippen LogP contribution in [0.25, 0.3) is 0 Å². The topological polar surface area (TPSA) is 23.5 Å². The van der Waals surface area contributed by atoms with Gasteiger partial charge in [0.1, 0.15) is 0 Å². The summed E-state index contributed by atoms with van der Waals surface area (Å²) >= 11 is 0. The third kappa shape index (κ3) is 4.14. The minimum atomic E-state index is -0.432. The second-order valence-corrected chi connectivity index (χ2v) is 6.39. The fourth-order valence-corrected chi connectivity index (χ4v) is 3.54. The monoisotopic (exact) mass is 323 g/mol. The number of benzene rings is 2. The first kappa shape index (κ1) is 18.4. The van der Waals surface area contributed by atoms with Gasteiger partial charge in [-0.15, -0.1) is 6.58 Å². The van der Waals surface area contributed by atoms with Gasteiger partial charge in [0, 0.05) is 12.1 Å². The van der Waals surface area contributed by atoms with Crippen LogP contribution in [0.3, 0.4) is 0 Å². The molecule has 2 rings (SSSR count). The van der Waals surface area contributed by atoms with E-state index >= 15 is 0 Å².